The van der Waals surface area contributed by atoms with Crippen LogP contribution in [-0.4, -0.2) is 24.2 Å². The molecule has 0 saturated heterocycles. The van der Waals surface area contributed by atoms with E-state index in [0.29, 0.717) is 0 Å². The van der Waals surface area contributed by atoms with Crippen LogP contribution in [0, 0.1) is 0 Å². The van der Waals surface area contributed by atoms with Gasteiger partial charge in [-0.1, -0.05) is 42.5 Å². The van der Waals surface area contributed by atoms with Gasteiger partial charge in [-0.15, -0.1) is 0 Å². The molecule has 2 aromatic carbocycles. The maximum atomic E-state index is 9.36. The molecule has 0 fully saturated rings. The van der Waals surface area contributed by atoms with E-state index in [9.17, 15) is 5.11 Å². The largest absolute Gasteiger partial charge is 0.508 e. The number of nitrogens with one attached hydrogen (secondary N) is 1. The zero-order valence-electron chi connectivity index (χ0n) is 10.7. The van der Waals surface area contributed by atoms with Crippen molar-refractivity contribution in [3.63, 3.8) is 0 Å². The molecule has 2 aromatic rings. The Balaban J connectivity index is 2.33. The number of nitrogens with zero attached hydrogens (tertiary/aromatic N) is 1. The Labute approximate surface area is 108 Å². The second kappa shape index (κ2) is 5.67. The van der Waals surface area contributed by atoms with Gasteiger partial charge >= 0.3 is 0 Å². The molecule has 18 heavy (non-hydrogen) atoms. The van der Waals surface area contributed by atoms with Gasteiger partial charge in [-0.2, -0.15) is 0 Å². The summed E-state index contributed by atoms with van der Waals surface area (Å²) in [6, 6.07) is 17.6. The van der Waals surface area contributed by atoms with Crippen LogP contribution in [0.1, 0.15) is 17.2 Å². The molecule has 0 aromatic heterocycles. The Morgan fingerprint density at radius 1 is 0.889 bits per heavy atom. The number of aromatic hydroxyl groups is 1. The zero-order chi connectivity index (χ0) is 13.0. The molecule has 0 aliphatic carbocycles. The molecule has 2 N–H and O–H groups in total. The summed E-state index contributed by atoms with van der Waals surface area (Å²) in [6.07, 6.45) is 0. The molecular formula is C15H18N2O. The Morgan fingerprint density at radius 3 is 2.00 bits per heavy atom. The van der Waals surface area contributed by atoms with Gasteiger partial charge in [-0.3, -0.25) is 0 Å². The fourth-order valence-electron chi connectivity index (χ4n) is 1.91. The summed E-state index contributed by atoms with van der Waals surface area (Å²) in [4.78, 5) is 0. The molecule has 94 valence electrons. The molecule has 0 spiro atoms. The molecule has 0 aliphatic rings. The first-order valence-corrected chi connectivity index (χ1v) is 5.94. The van der Waals surface area contributed by atoms with E-state index in [4.69, 9.17) is 0 Å². The molecule has 0 amide bonds. The van der Waals surface area contributed by atoms with Crippen LogP contribution in [0.25, 0.3) is 0 Å². The SMILES string of the molecule is CN(C)NC(c1ccccc1)c1ccc(O)cc1. The third kappa shape index (κ3) is 3.09. The molecular weight excluding hydrogens is 224 g/mol. The summed E-state index contributed by atoms with van der Waals surface area (Å²) in [5.74, 6) is 0.287. The maximum absolute atomic E-state index is 9.36. The van der Waals surface area contributed by atoms with Crippen LogP contribution in [0.5, 0.6) is 5.75 Å². The number of phenolic OH excluding ortho intramolecular Hbond substituents is 1. The second-order valence-corrected chi connectivity index (χ2v) is 4.46. The molecule has 3 nitrogen and oxygen atoms in total. The minimum atomic E-state index is 0.0850. The van der Waals surface area contributed by atoms with Crippen LogP contribution in [0.15, 0.2) is 54.6 Å². The van der Waals surface area contributed by atoms with E-state index in [1.54, 1.807) is 12.1 Å². The van der Waals surface area contributed by atoms with Gasteiger partial charge < -0.3 is 5.11 Å². The first kappa shape index (κ1) is 12.6. The van der Waals surface area contributed by atoms with Crippen molar-refractivity contribution in [2.24, 2.45) is 0 Å². The Hall–Kier alpha value is -1.84. The molecule has 0 heterocycles. The third-order valence-corrected chi connectivity index (χ3v) is 2.75. The highest BCUT2D eigenvalue weighted by molar-refractivity contribution is 5.34. The van der Waals surface area contributed by atoms with Gasteiger partial charge in [0.2, 0.25) is 0 Å². The number of phenols is 1. The quantitative estimate of drug-likeness (QED) is 0.809. The van der Waals surface area contributed by atoms with Crippen LogP contribution in [0.4, 0.5) is 0 Å². The lowest BCUT2D eigenvalue weighted by Crippen LogP contribution is -2.34. The standard InChI is InChI=1S/C15H18N2O/c1-17(2)16-15(12-6-4-3-5-7-12)13-8-10-14(18)11-9-13/h3-11,15-16,18H,1-2H3. The number of benzene rings is 2. The van der Waals surface area contributed by atoms with Crippen molar-refractivity contribution in [2.75, 3.05) is 14.1 Å². The predicted molar refractivity (Wildman–Crippen MR) is 73.2 cm³/mol. The van der Waals surface area contributed by atoms with Crippen LogP contribution < -0.4 is 5.43 Å². The van der Waals surface area contributed by atoms with E-state index in [-0.39, 0.29) is 11.8 Å². The van der Waals surface area contributed by atoms with Crippen molar-refractivity contribution >= 4 is 0 Å². The number of rotatable bonds is 4. The van der Waals surface area contributed by atoms with Crippen molar-refractivity contribution in [3.05, 3.63) is 65.7 Å². The number of hydrogen-bond acceptors (Lipinski definition) is 3. The van der Waals surface area contributed by atoms with E-state index in [1.807, 2.05) is 49.4 Å². The minimum absolute atomic E-state index is 0.0850. The Morgan fingerprint density at radius 2 is 1.44 bits per heavy atom. The molecule has 1 atom stereocenters. The smallest absolute Gasteiger partial charge is 0.115 e. The fraction of sp³-hybridized carbons (Fsp3) is 0.200. The maximum Gasteiger partial charge on any atom is 0.115 e. The highest BCUT2D eigenvalue weighted by atomic mass is 16.3. The zero-order valence-corrected chi connectivity index (χ0v) is 10.7. The van der Waals surface area contributed by atoms with E-state index in [1.165, 1.54) is 5.56 Å². The lowest BCUT2D eigenvalue weighted by Gasteiger charge is -2.24. The number of hydrazine groups is 1. The van der Waals surface area contributed by atoms with Crippen molar-refractivity contribution in [2.45, 2.75) is 6.04 Å². The topological polar surface area (TPSA) is 35.5 Å². The van der Waals surface area contributed by atoms with Gasteiger partial charge in [0.25, 0.3) is 0 Å². The van der Waals surface area contributed by atoms with Gasteiger partial charge in [0.1, 0.15) is 5.75 Å². The monoisotopic (exact) mass is 242 g/mol. The summed E-state index contributed by atoms with van der Waals surface area (Å²) in [5, 5.41) is 11.3. The van der Waals surface area contributed by atoms with Gasteiger partial charge in [0.05, 0.1) is 6.04 Å². The van der Waals surface area contributed by atoms with E-state index in [0.717, 1.165) is 5.56 Å². The summed E-state index contributed by atoms with van der Waals surface area (Å²) < 4.78 is 0. The first-order valence-electron chi connectivity index (χ1n) is 5.94. The van der Waals surface area contributed by atoms with E-state index >= 15 is 0 Å². The third-order valence-electron chi connectivity index (χ3n) is 2.75. The van der Waals surface area contributed by atoms with E-state index in [2.05, 4.69) is 17.6 Å². The summed E-state index contributed by atoms with van der Waals surface area (Å²) in [5.41, 5.74) is 5.69. The van der Waals surface area contributed by atoms with Crippen LogP contribution in [0.2, 0.25) is 0 Å². The summed E-state index contributed by atoms with van der Waals surface area (Å²) in [6.45, 7) is 0. The molecule has 1 unspecified atom stereocenters. The average molecular weight is 242 g/mol. The highest BCUT2D eigenvalue weighted by Crippen LogP contribution is 2.23. The fourth-order valence-corrected chi connectivity index (χ4v) is 1.91. The first-order chi connectivity index (χ1) is 8.66. The minimum Gasteiger partial charge on any atom is -0.508 e. The molecule has 0 bridgehead atoms. The van der Waals surface area contributed by atoms with Crippen molar-refractivity contribution < 1.29 is 5.11 Å². The molecule has 0 saturated carbocycles. The predicted octanol–water partition coefficient (Wildman–Crippen LogP) is 2.55. The molecule has 3 heteroatoms. The van der Waals surface area contributed by atoms with Gasteiger partial charge in [-0.25, -0.2) is 10.4 Å². The Bertz CT molecular complexity index is 480. The van der Waals surface area contributed by atoms with Crippen molar-refractivity contribution in [3.8, 4) is 5.75 Å². The normalized spacial score (nSPS) is 12.6. The summed E-state index contributed by atoms with van der Waals surface area (Å²) >= 11 is 0. The van der Waals surface area contributed by atoms with Gasteiger partial charge in [0, 0.05) is 14.1 Å². The van der Waals surface area contributed by atoms with Crippen LogP contribution >= 0.6 is 0 Å². The number of hydrogen-bond donors (Lipinski definition) is 2. The van der Waals surface area contributed by atoms with Crippen LogP contribution in [-0.2, 0) is 0 Å². The Kier molecular flexibility index (Phi) is 3.97. The molecule has 2 rings (SSSR count). The molecule has 0 aliphatic heterocycles. The summed E-state index contributed by atoms with van der Waals surface area (Å²) in [7, 11) is 3.94. The molecule has 0 radical (unpaired) electrons. The second-order valence-electron chi connectivity index (χ2n) is 4.46. The van der Waals surface area contributed by atoms with Gasteiger partial charge in [-0.05, 0) is 23.3 Å². The lowest BCUT2D eigenvalue weighted by atomic mass is 9.99. The van der Waals surface area contributed by atoms with Gasteiger partial charge in [0.15, 0.2) is 0 Å². The van der Waals surface area contributed by atoms with Crippen molar-refractivity contribution in [1.82, 2.24) is 10.4 Å². The van der Waals surface area contributed by atoms with Crippen molar-refractivity contribution in [1.29, 1.82) is 0 Å². The van der Waals surface area contributed by atoms with E-state index < -0.39 is 0 Å². The lowest BCUT2D eigenvalue weighted by molar-refractivity contribution is 0.261. The highest BCUT2D eigenvalue weighted by Gasteiger charge is 2.13. The van der Waals surface area contributed by atoms with Crippen LogP contribution in [0.3, 0.4) is 0 Å². The average Bonchev–Trinajstić information content (AvgIpc) is 2.38.